The van der Waals surface area contributed by atoms with E-state index in [1.807, 2.05) is 22.6 Å². The van der Waals surface area contributed by atoms with E-state index in [0.717, 1.165) is 9.99 Å². The number of benzene rings is 1. The monoisotopic (exact) mass is 404 g/mol. The highest BCUT2D eigenvalue weighted by molar-refractivity contribution is 14.1. The summed E-state index contributed by atoms with van der Waals surface area (Å²) in [7, 11) is 0. The van der Waals surface area contributed by atoms with Crippen molar-refractivity contribution in [1.82, 2.24) is 4.90 Å². The van der Waals surface area contributed by atoms with Gasteiger partial charge in [-0.25, -0.2) is 9.59 Å². The summed E-state index contributed by atoms with van der Waals surface area (Å²) in [6, 6.07) is 4.59. The Bertz CT molecular complexity index is 550. The van der Waals surface area contributed by atoms with Crippen LogP contribution in [0.1, 0.15) is 23.2 Å². The number of aliphatic hydroxyl groups excluding tert-OH is 1. The van der Waals surface area contributed by atoms with Crippen molar-refractivity contribution in [2.24, 2.45) is 5.92 Å². The number of nitrogens with zero attached hydrogens (tertiary/aromatic N) is 1. The van der Waals surface area contributed by atoms with Crippen LogP contribution in [0, 0.1) is 9.49 Å². The van der Waals surface area contributed by atoms with Gasteiger partial charge in [0, 0.05) is 23.3 Å². The van der Waals surface area contributed by atoms with Gasteiger partial charge in [0.15, 0.2) is 0 Å². The first-order chi connectivity index (χ1) is 10.0. The minimum Gasteiger partial charge on any atom is -0.478 e. The number of rotatable bonds is 4. The minimum absolute atomic E-state index is 0.0846. The molecule has 7 heteroatoms. The molecule has 114 valence electrons. The maximum Gasteiger partial charge on any atom is 0.337 e. The van der Waals surface area contributed by atoms with Gasteiger partial charge in [0.2, 0.25) is 0 Å². The maximum absolute atomic E-state index is 12.2. The summed E-state index contributed by atoms with van der Waals surface area (Å²) >= 11 is 2.03. The van der Waals surface area contributed by atoms with Crippen LogP contribution in [0.25, 0.3) is 0 Å². The molecule has 0 aromatic heterocycles. The predicted octanol–water partition coefficient (Wildman–Crippen LogP) is 2.23. The summed E-state index contributed by atoms with van der Waals surface area (Å²) in [6.07, 6.45) is 1.56. The molecule has 0 spiro atoms. The summed E-state index contributed by atoms with van der Waals surface area (Å²) in [6.45, 7) is 1.35. The quantitative estimate of drug-likeness (QED) is 0.672. The van der Waals surface area contributed by atoms with E-state index in [0.29, 0.717) is 31.1 Å². The molecule has 1 atom stereocenters. The number of carboxylic acids is 1. The van der Waals surface area contributed by atoms with Crippen molar-refractivity contribution in [2.45, 2.75) is 12.8 Å². The number of aromatic carboxylic acids is 1. The van der Waals surface area contributed by atoms with Crippen molar-refractivity contribution in [3.05, 3.63) is 27.3 Å². The number of anilines is 1. The number of carbonyl (C=O) groups is 2. The van der Waals surface area contributed by atoms with Crippen LogP contribution in [-0.4, -0.2) is 46.8 Å². The Morgan fingerprint density at radius 2 is 2.19 bits per heavy atom. The predicted molar refractivity (Wildman–Crippen MR) is 86.5 cm³/mol. The Kier molecular flexibility index (Phi) is 5.40. The second-order valence-electron chi connectivity index (χ2n) is 5.04. The molecule has 1 fully saturated rings. The van der Waals surface area contributed by atoms with Crippen LogP contribution in [0.15, 0.2) is 18.2 Å². The van der Waals surface area contributed by atoms with E-state index in [2.05, 4.69) is 5.32 Å². The van der Waals surface area contributed by atoms with Gasteiger partial charge >= 0.3 is 12.0 Å². The van der Waals surface area contributed by atoms with E-state index in [4.69, 9.17) is 5.11 Å². The summed E-state index contributed by atoms with van der Waals surface area (Å²) in [4.78, 5) is 25.1. The van der Waals surface area contributed by atoms with Crippen LogP contribution in [-0.2, 0) is 0 Å². The van der Waals surface area contributed by atoms with Gasteiger partial charge in [0.1, 0.15) is 0 Å². The molecule has 0 aliphatic carbocycles. The molecule has 3 N–H and O–H groups in total. The number of amides is 2. The van der Waals surface area contributed by atoms with Crippen LogP contribution in [0.4, 0.5) is 10.5 Å². The zero-order valence-electron chi connectivity index (χ0n) is 11.4. The lowest BCUT2D eigenvalue weighted by molar-refractivity contribution is 0.0698. The van der Waals surface area contributed by atoms with Gasteiger partial charge in [-0.2, -0.15) is 0 Å². The van der Waals surface area contributed by atoms with E-state index >= 15 is 0 Å². The maximum atomic E-state index is 12.2. The lowest BCUT2D eigenvalue weighted by Crippen LogP contribution is -2.33. The van der Waals surface area contributed by atoms with E-state index in [9.17, 15) is 14.7 Å². The molecule has 0 bridgehead atoms. The van der Waals surface area contributed by atoms with Crippen molar-refractivity contribution in [3.63, 3.8) is 0 Å². The van der Waals surface area contributed by atoms with Crippen LogP contribution >= 0.6 is 22.6 Å². The number of halogens is 1. The Morgan fingerprint density at radius 1 is 1.43 bits per heavy atom. The second-order valence-corrected chi connectivity index (χ2v) is 6.28. The van der Waals surface area contributed by atoms with E-state index in [1.165, 1.54) is 6.07 Å². The summed E-state index contributed by atoms with van der Waals surface area (Å²) in [5.74, 6) is -0.750. The first-order valence-electron chi connectivity index (χ1n) is 6.71. The Labute approximate surface area is 136 Å². The fourth-order valence-electron chi connectivity index (χ4n) is 2.43. The molecule has 1 unspecified atom stereocenters. The average Bonchev–Trinajstić information content (AvgIpc) is 2.89. The van der Waals surface area contributed by atoms with Crippen molar-refractivity contribution in [1.29, 1.82) is 0 Å². The number of carboxylic acid groups (broad SMARTS) is 1. The van der Waals surface area contributed by atoms with Crippen molar-refractivity contribution in [3.8, 4) is 0 Å². The van der Waals surface area contributed by atoms with Gasteiger partial charge < -0.3 is 20.4 Å². The van der Waals surface area contributed by atoms with E-state index < -0.39 is 5.97 Å². The lowest BCUT2D eigenvalue weighted by Gasteiger charge is -2.18. The summed E-state index contributed by atoms with van der Waals surface area (Å²) in [5.41, 5.74) is 0.389. The summed E-state index contributed by atoms with van der Waals surface area (Å²) < 4.78 is 0.798. The van der Waals surface area contributed by atoms with Crippen LogP contribution in [0.5, 0.6) is 0 Å². The number of nitrogens with one attached hydrogen (secondary N) is 1. The highest BCUT2D eigenvalue weighted by atomic mass is 127. The Balaban J connectivity index is 2.05. The molecule has 1 saturated heterocycles. The largest absolute Gasteiger partial charge is 0.478 e. The lowest BCUT2D eigenvalue weighted by atomic mass is 10.1. The third kappa shape index (κ3) is 4.07. The van der Waals surface area contributed by atoms with Gasteiger partial charge in [-0.1, -0.05) is 0 Å². The fraction of sp³-hybridized carbons (Fsp3) is 0.429. The van der Waals surface area contributed by atoms with Gasteiger partial charge in [0.25, 0.3) is 0 Å². The average molecular weight is 404 g/mol. The fourth-order valence-corrected chi connectivity index (χ4v) is 2.92. The minimum atomic E-state index is -1.07. The topological polar surface area (TPSA) is 89.9 Å². The number of aliphatic hydroxyl groups is 1. The van der Waals surface area contributed by atoms with Crippen molar-refractivity contribution < 1.29 is 19.8 Å². The molecule has 1 aliphatic rings. The van der Waals surface area contributed by atoms with Crippen LogP contribution in [0.2, 0.25) is 0 Å². The summed E-state index contributed by atoms with van der Waals surface area (Å²) in [5, 5.41) is 20.8. The van der Waals surface area contributed by atoms with Gasteiger partial charge in [0.05, 0.1) is 11.3 Å². The molecule has 2 amide bonds. The molecule has 0 radical (unpaired) electrons. The normalized spacial score (nSPS) is 17.8. The molecule has 1 aliphatic heterocycles. The number of urea groups is 1. The molecule has 1 aromatic rings. The second kappa shape index (κ2) is 7.08. The molecular weight excluding hydrogens is 387 g/mol. The molecule has 21 heavy (non-hydrogen) atoms. The zero-order valence-corrected chi connectivity index (χ0v) is 13.5. The van der Waals surface area contributed by atoms with Crippen molar-refractivity contribution in [2.75, 3.05) is 25.0 Å². The Morgan fingerprint density at radius 3 is 2.86 bits per heavy atom. The molecule has 1 aromatic carbocycles. The SMILES string of the molecule is O=C(O)c1cc(I)ccc1NC(=O)N1CCC(CCO)C1. The number of carbonyl (C=O) groups excluding carboxylic acids is 1. The third-order valence-electron chi connectivity index (χ3n) is 3.56. The third-order valence-corrected chi connectivity index (χ3v) is 4.24. The highest BCUT2D eigenvalue weighted by Gasteiger charge is 2.26. The number of hydrogen-bond acceptors (Lipinski definition) is 3. The smallest absolute Gasteiger partial charge is 0.337 e. The van der Waals surface area contributed by atoms with E-state index in [-0.39, 0.29) is 18.2 Å². The molecule has 6 nitrogen and oxygen atoms in total. The van der Waals surface area contributed by atoms with Gasteiger partial charge in [-0.3, -0.25) is 0 Å². The first kappa shape index (κ1) is 16.0. The Hall–Kier alpha value is -1.35. The van der Waals surface area contributed by atoms with Crippen LogP contribution in [0.3, 0.4) is 0 Å². The van der Waals surface area contributed by atoms with Gasteiger partial charge in [-0.05, 0) is 59.5 Å². The molecular formula is C14H17IN2O4. The highest BCUT2D eigenvalue weighted by Crippen LogP contribution is 2.22. The number of hydrogen-bond donors (Lipinski definition) is 3. The van der Waals surface area contributed by atoms with E-state index in [1.54, 1.807) is 17.0 Å². The first-order valence-corrected chi connectivity index (χ1v) is 7.78. The standard InChI is InChI=1S/C14H17IN2O4/c15-10-1-2-12(11(7-10)13(19)20)16-14(21)17-5-3-9(8-17)4-6-18/h1-2,7,9,18H,3-6,8H2,(H,16,21)(H,19,20). The van der Waals surface area contributed by atoms with Gasteiger partial charge in [-0.15, -0.1) is 0 Å². The number of likely N-dealkylation sites (tertiary alicyclic amines) is 1. The van der Waals surface area contributed by atoms with Crippen LogP contribution < -0.4 is 5.32 Å². The van der Waals surface area contributed by atoms with Crippen molar-refractivity contribution >= 4 is 40.3 Å². The molecule has 2 rings (SSSR count). The molecule has 1 heterocycles. The molecule has 0 saturated carbocycles. The zero-order chi connectivity index (χ0) is 15.4.